The molecule has 0 bridgehead atoms. The van der Waals surface area contributed by atoms with E-state index in [0.717, 1.165) is 18.5 Å². The molecule has 0 spiro atoms. The van der Waals surface area contributed by atoms with Gasteiger partial charge in [0.1, 0.15) is 0 Å². The van der Waals surface area contributed by atoms with Crippen molar-refractivity contribution in [1.82, 2.24) is 9.97 Å². The minimum Gasteiger partial charge on any atom is -0.466 e. The van der Waals surface area contributed by atoms with Crippen molar-refractivity contribution in [1.29, 1.82) is 0 Å². The van der Waals surface area contributed by atoms with Crippen molar-refractivity contribution in [3.8, 4) is 0 Å². The number of carbonyl (C=O) groups is 1. The average molecular weight is 277 g/mol. The zero-order valence-electron chi connectivity index (χ0n) is 12.7. The number of anilines is 1. The lowest BCUT2D eigenvalue weighted by atomic mass is 9.76. The third kappa shape index (κ3) is 2.62. The third-order valence-corrected chi connectivity index (χ3v) is 4.14. The van der Waals surface area contributed by atoms with Gasteiger partial charge >= 0.3 is 5.97 Å². The molecule has 1 saturated heterocycles. The third-order valence-electron chi connectivity index (χ3n) is 4.14. The van der Waals surface area contributed by atoms with E-state index in [1.165, 1.54) is 0 Å². The molecule has 0 N–H and O–H groups in total. The summed E-state index contributed by atoms with van der Waals surface area (Å²) in [6.45, 7) is 9.82. The molecule has 1 aliphatic heterocycles. The van der Waals surface area contributed by atoms with Crippen molar-refractivity contribution in [2.24, 2.45) is 11.3 Å². The maximum atomic E-state index is 12.4. The summed E-state index contributed by atoms with van der Waals surface area (Å²) >= 11 is 0. The summed E-state index contributed by atoms with van der Waals surface area (Å²) < 4.78 is 5.29. The van der Waals surface area contributed by atoms with E-state index in [0.29, 0.717) is 19.1 Å². The van der Waals surface area contributed by atoms with Gasteiger partial charge in [0.05, 0.1) is 12.0 Å². The molecule has 0 aliphatic carbocycles. The van der Waals surface area contributed by atoms with Crippen LogP contribution in [-0.2, 0) is 9.53 Å². The summed E-state index contributed by atoms with van der Waals surface area (Å²) in [7, 11) is 0. The number of hydrogen-bond donors (Lipinski definition) is 0. The van der Waals surface area contributed by atoms with Crippen LogP contribution < -0.4 is 4.90 Å². The van der Waals surface area contributed by atoms with Gasteiger partial charge in [0.2, 0.25) is 5.95 Å². The summed E-state index contributed by atoms with van der Waals surface area (Å²) in [6, 6.07) is 0. The SMILES string of the molecule is CCOC(=O)C1(C(C)C)CCN(c2ncc(C)cn2)C1. The van der Waals surface area contributed by atoms with Crippen LogP contribution in [-0.4, -0.2) is 35.6 Å². The number of nitrogens with zero attached hydrogens (tertiary/aromatic N) is 3. The fourth-order valence-electron chi connectivity index (χ4n) is 2.70. The van der Waals surface area contributed by atoms with Gasteiger partial charge in [-0.2, -0.15) is 0 Å². The normalized spacial score (nSPS) is 22.4. The molecule has 0 radical (unpaired) electrons. The number of rotatable bonds is 4. The molecule has 1 fully saturated rings. The van der Waals surface area contributed by atoms with E-state index in [9.17, 15) is 4.79 Å². The second kappa shape index (κ2) is 5.77. The Balaban J connectivity index is 2.19. The predicted molar refractivity (Wildman–Crippen MR) is 77.5 cm³/mol. The van der Waals surface area contributed by atoms with Crippen LogP contribution in [0.5, 0.6) is 0 Å². The molecule has 0 saturated carbocycles. The number of aromatic nitrogens is 2. The number of aryl methyl sites for hydroxylation is 1. The predicted octanol–water partition coefficient (Wildman–Crippen LogP) is 2.20. The zero-order chi connectivity index (χ0) is 14.8. The van der Waals surface area contributed by atoms with Gasteiger partial charge in [-0.25, -0.2) is 9.97 Å². The smallest absolute Gasteiger partial charge is 0.314 e. The van der Waals surface area contributed by atoms with E-state index in [2.05, 4.69) is 28.7 Å². The first-order valence-electron chi connectivity index (χ1n) is 7.20. The maximum Gasteiger partial charge on any atom is 0.314 e. The van der Waals surface area contributed by atoms with Gasteiger partial charge in [0.15, 0.2) is 0 Å². The molecule has 2 rings (SSSR count). The van der Waals surface area contributed by atoms with Crippen LogP contribution in [0, 0.1) is 18.3 Å². The lowest BCUT2D eigenvalue weighted by Crippen LogP contribution is -2.41. The molecule has 0 aromatic carbocycles. The molecule has 0 amide bonds. The summed E-state index contributed by atoms with van der Waals surface area (Å²) in [5, 5.41) is 0. The van der Waals surface area contributed by atoms with Crippen LogP contribution in [0.3, 0.4) is 0 Å². The number of hydrogen-bond acceptors (Lipinski definition) is 5. The topological polar surface area (TPSA) is 55.3 Å². The van der Waals surface area contributed by atoms with E-state index in [1.54, 1.807) is 0 Å². The molecule has 5 nitrogen and oxygen atoms in total. The second-order valence-electron chi connectivity index (χ2n) is 5.76. The van der Waals surface area contributed by atoms with Crippen molar-refractivity contribution < 1.29 is 9.53 Å². The Morgan fingerprint density at radius 1 is 1.45 bits per heavy atom. The summed E-state index contributed by atoms with van der Waals surface area (Å²) in [5.41, 5.74) is 0.595. The number of ether oxygens (including phenoxy) is 1. The van der Waals surface area contributed by atoms with Crippen LogP contribution >= 0.6 is 0 Å². The number of esters is 1. The Labute approximate surface area is 120 Å². The minimum atomic E-state index is -0.440. The van der Waals surface area contributed by atoms with Crippen LogP contribution in [0.25, 0.3) is 0 Å². The molecule has 1 aromatic rings. The van der Waals surface area contributed by atoms with Crippen LogP contribution in [0.1, 0.15) is 32.8 Å². The molecule has 2 heterocycles. The van der Waals surface area contributed by atoms with Crippen molar-refractivity contribution in [2.45, 2.75) is 34.1 Å². The van der Waals surface area contributed by atoms with Crippen LogP contribution in [0.4, 0.5) is 5.95 Å². The highest BCUT2D eigenvalue weighted by molar-refractivity contribution is 5.79. The molecular formula is C15H23N3O2. The van der Waals surface area contributed by atoms with Gasteiger partial charge in [-0.3, -0.25) is 4.79 Å². The largest absolute Gasteiger partial charge is 0.466 e. The molecule has 1 aromatic heterocycles. The Morgan fingerprint density at radius 3 is 2.65 bits per heavy atom. The van der Waals surface area contributed by atoms with E-state index in [-0.39, 0.29) is 11.9 Å². The van der Waals surface area contributed by atoms with E-state index in [4.69, 9.17) is 4.74 Å². The van der Waals surface area contributed by atoms with Crippen LogP contribution in [0.2, 0.25) is 0 Å². The Kier molecular flexibility index (Phi) is 4.26. The molecule has 20 heavy (non-hydrogen) atoms. The van der Waals surface area contributed by atoms with Crippen molar-refractivity contribution in [2.75, 3.05) is 24.6 Å². The van der Waals surface area contributed by atoms with Gasteiger partial charge in [-0.1, -0.05) is 13.8 Å². The highest BCUT2D eigenvalue weighted by atomic mass is 16.5. The number of carbonyl (C=O) groups excluding carboxylic acids is 1. The molecule has 5 heteroatoms. The van der Waals surface area contributed by atoms with Crippen molar-refractivity contribution in [3.05, 3.63) is 18.0 Å². The van der Waals surface area contributed by atoms with Gasteiger partial charge in [-0.05, 0) is 31.7 Å². The van der Waals surface area contributed by atoms with Crippen molar-refractivity contribution >= 4 is 11.9 Å². The molecule has 1 unspecified atom stereocenters. The van der Waals surface area contributed by atoms with E-state index < -0.39 is 5.41 Å². The lowest BCUT2D eigenvalue weighted by Gasteiger charge is -2.30. The average Bonchev–Trinajstić information content (AvgIpc) is 2.86. The lowest BCUT2D eigenvalue weighted by molar-refractivity contribution is -0.156. The Morgan fingerprint density at radius 2 is 2.10 bits per heavy atom. The molecule has 1 atom stereocenters. The zero-order valence-corrected chi connectivity index (χ0v) is 12.7. The highest BCUT2D eigenvalue weighted by Gasteiger charge is 2.48. The van der Waals surface area contributed by atoms with Crippen LogP contribution in [0.15, 0.2) is 12.4 Å². The summed E-state index contributed by atoms with van der Waals surface area (Å²) in [5.74, 6) is 0.837. The summed E-state index contributed by atoms with van der Waals surface area (Å²) in [4.78, 5) is 23.1. The van der Waals surface area contributed by atoms with E-state index >= 15 is 0 Å². The molecule has 110 valence electrons. The standard InChI is InChI=1S/C15H23N3O2/c1-5-20-13(19)15(11(2)3)6-7-18(10-15)14-16-8-12(4)9-17-14/h8-9,11H,5-7,10H2,1-4H3. The first-order valence-corrected chi connectivity index (χ1v) is 7.20. The maximum absolute atomic E-state index is 12.4. The molecular weight excluding hydrogens is 254 g/mol. The quantitative estimate of drug-likeness (QED) is 0.790. The summed E-state index contributed by atoms with van der Waals surface area (Å²) in [6.07, 6.45) is 4.41. The highest BCUT2D eigenvalue weighted by Crippen LogP contribution is 2.40. The first kappa shape index (κ1) is 14.8. The van der Waals surface area contributed by atoms with Gasteiger partial charge in [-0.15, -0.1) is 0 Å². The second-order valence-corrected chi connectivity index (χ2v) is 5.76. The fraction of sp³-hybridized carbons (Fsp3) is 0.667. The molecule has 1 aliphatic rings. The Bertz CT molecular complexity index is 473. The Hall–Kier alpha value is -1.65. The van der Waals surface area contributed by atoms with Crippen molar-refractivity contribution in [3.63, 3.8) is 0 Å². The fourth-order valence-corrected chi connectivity index (χ4v) is 2.70. The van der Waals surface area contributed by atoms with Gasteiger partial charge in [0, 0.05) is 25.5 Å². The first-order chi connectivity index (χ1) is 9.49. The minimum absolute atomic E-state index is 0.0930. The van der Waals surface area contributed by atoms with Gasteiger partial charge in [0.25, 0.3) is 0 Å². The monoisotopic (exact) mass is 277 g/mol. The van der Waals surface area contributed by atoms with Gasteiger partial charge < -0.3 is 9.64 Å². The van der Waals surface area contributed by atoms with E-state index in [1.807, 2.05) is 26.2 Å².